The summed E-state index contributed by atoms with van der Waals surface area (Å²) < 4.78 is 28.1. The topological polar surface area (TPSA) is 116 Å². The third-order valence-corrected chi connectivity index (χ3v) is 4.79. The van der Waals surface area contributed by atoms with Crippen LogP contribution in [0.3, 0.4) is 0 Å². The fraction of sp³-hybridized carbons (Fsp3) is 0.556. The van der Waals surface area contributed by atoms with E-state index in [1.165, 1.54) is 18.2 Å². The molecular formula is C18H28N2O5S. The SMILES string of the molecule is Cc1ccc(S(N)(=O)=O)c(C(=O)OCC(=O)N[C@H](C)CCCC(C)C)c1. The first kappa shape index (κ1) is 22.1. The molecule has 0 aromatic heterocycles. The van der Waals surface area contributed by atoms with E-state index in [2.05, 4.69) is 19.2 Å². The standard InChI is InChI=1S/C18H28N2O5S/c1-12(2)6-5-7-14(4)20-17(21)11-25-18(22)15-10-13(3)8-9-16(15)26(19,23)24/h8-10,12,14H,5-7,11H2,1-4H3,(H,20,21)(H2,19,23,24)/t14-/m1/s1. The number of benzene rings is 1. The highest BCUT2D eigenvalue weighted by atomic mass is 32.2. The van der Waals surface area contributed by atoms with Crippen LogP contribution in [-0.4, -0.2) is 32.9 Å². The Balaban J connectivity index is 2.62. The van der Waals surface area contributed by atoms with Gasteiger partial charge in [-0.05, 0) is 38.3 Å². The van der Waals surface area contributed by atoms with Gasteiger partial charge in [-0.15, -0.1) is 0 Å². The molecule has 1 rings (SSSR count). The van der Waals surface area contributed by atoms with Gasteiger partial charge < -0.3 is 10.1 Å². The van der Waals surface area contributed by atoms with E-state index in [1.54, 1.807) is 6.92 Å². The van der Waals surface area contributed by atoms with Crippen molar-refractivity contribution >= 4 is 21.9 Å². The van der Waals surface area contributed by atoms with Gasteiger partial charge in [-0.2, -0.15) is 0 Å². The molecule has 0 radical (unpaired) electrons. The van der Waals surface area contributed by atoms with Crippen LogP contribution in [0.1, 0.15) is 56.0 Å². The van der Waals surface area contributed by atoms with Gasteiger partial charge in [0, 0.05) is 6.04 Å². The van der Waals surface area contributed by atoms with Gasteiger partial charge in [0.1, 0.15) is 0 Å². The number of nitrogens with two attached hydrogens (primary N) is 1. The average molecular weight is 384 g/mol. The number of aryl methyl sites for hydroxylation is 1. The predicted molar refractivity (Wildman–Crippen MR) is 99.1 cm³/mol. The zero-order valence-electron chi connectivity index (χ0n) is 15.7. The summed E-state index contributed by atoms with van der Waals surface area (Å²) in [4.78, 5) is 23.8. The molecule has 0 aliphatic heterocycles. The normalized spacial score (nSPS) is 12.7. The first-order chi connectivity index (χ1) is 12.0. The molecule has 1 aromatic carbocycles. The lowest BCUT2D eigenvalue weighted by Gasteiger charge is -2.15. The van der Waals surface area contributed by atoms with E-state index in [-0.39, 0.29) is 16.5 Å². The van der Waals surface area contributed by atoms with Gasteiger partial charge in [-0.1, -0.05) is 38.3 Å². The Morgan fingerprint density at radius 3 is 2.42 bits per heavy atom. The van der Waals surface area contributed by atoms with Gasteiger partial charge in [-0.25, -0.2) is 18.4 Å². The number of hydrogen-bond donors (Lipinski definition) is 2. The molecule has 0 aliphatic rings. The van der Waals surface area contributed by atoms with Crippen molar-refractivity contribution in [2.75, 3.05) is 6.61 Å². The Labute approximate surface area is 155 Å². The van der Waals surface area contributed by atoms with Crippen LogP contribution < -0.4 is 10.5 Å². The highest BCUT2D eigenvalue weighted by molar-refractivity contribution is 7.89. The molecular weight excluding hydrogens is 356 g/mol. The summed E-state index contributed by atoms with van der Waals surface area (Å²) in [6, 6.07) is 4.12. The minimum absolute atomic E-state index is 0.0288. The van der Waals surface area contributed by atoms with Crippen molar-refractivity contribution in [2.24, 2.45) is 11.1 Å². The minimum atomic E-state index is -4.07. The first-order valence-corrected chi connectivity index (χ1v) is 10.1. The second-order valence-electron chi connectivity index (χ2n) is 6.91. The molecule has 0 spiro atoms. The Morgan fingerprint density at radius 1 is 1.19 bits per heavy atom. The second kappa shape index (κ2) is 9.68. The second-order valence-corrected chi connectivity index (χ2v) is 8.44. The van der Waals surface area contributed by atoms with Crippen molar-refractivity contribution in [1.82, 2.24) is 5.32 Å². The lowest BCUT2D eigenvalue weighted by Crippen LogP contribution is -2.36. The molecule has 146 valence electrons. The van der Waals surface area contributed by atoms with Crippen LogP contribution in [0.25, 0.3) is 0 Å². The number of hydrogen-bond acceptors (Lipinski definition) is 5. The molecule has 0 saturated heterocycles. The van der Waals surface area contributed by atoms with Crippen LogP contribution in [0, 0.1) is 12.8 Å². The molecule has 0 heterocycles. The number of sulfonamides is 1. The van der Waals surface area contributed by atoms with Crippen LogP contribution in [0.4, 0.5) is 0 Å². The zero-order valence-corrected chi connectivity index (χ0v) is 16.6. The van der Waals surface area contributed by atoms with E-state index >= 15 is 0 Å². The molecule has 0 unspecified atom stereocenters. The Bertz CT molecular complexity index is 744. The van der Waals surface area contributed by atoms with Crippen molar-refractivity contribution in [1.29, 1.82) is 0 Å². The molecule has 1 aromatic rings. The molecule has 1 atom stereocenters. The van der Waals surface area contributed by atoms with Crippen molar-refractivity contribution in [3.63, 3.8) is 0 Å². The third-order valence-electron chi connectivity index (χ3n) is 3.82. The lowest BCUT2D eigenvalue weighted by molar-refractivity contribution is -0.124. The third kappa shape index (κ3) is 7.53. The van der Waals surface area contributed by atoms with Gasteiger partial charge in [-0.3, -0.25) is 4.79 Å². The van der Waals surface area contributed by atoms with Crippen molar-refractivity contribution in [3.8, 4) is 0 Å². The summed E-state index contributed by atoms with van der Waals surface area (Å²) in [6.07, 6.45) is 2.92. The summed E-state index contributed by atoms with van der Waals surface area (Å²) in [5.74, 6) is -0.721. The monoisotopic (exact) mass is 384 g/mol. The fourth-order valence-corrected chi connectivity index (χ4v) is 3.19. The maximum absolute atomic E-state index is 12.2. The van der Waals surface area contributed by atoms with Crippen LogP contribution in [-0.2, 0) is 19.6 Å². The number of esters is 1. The summed E-state index contributed by atoms with van der Waals surface area (Å²) in [6.45, 7) is 7.40. The molecule has 26 heavy (non-hydrogen) atoms. The number of carbonyl (C=O) groups is 2. The smallest absolute Gasteiger partial charge is 0.340 e. The number of nitrogens with one attached hydrogen (secondary N) is 1. The quantitative estimate of drug-likeness (QED) is 0.633. The van der Waals surface area contributed by atoms with E-state index in [0.29, 0.717) is 11.5 Å². The summed E-state index contributed by atoms with van der Waals surface area (Å²) >= 11 is 0. The van der Waals surface area contributed by atoms with E-state index in [4.69, 9.17) is 9.88 Å². The number of primary sulfonamides is 1. The highest BCUT2D eigenvalue weighted by Crippen LogP contribution is 2.17. The van der Waals surface area contributed by atoms with Gasteiger partial charge in [0.2, 0.25) is 10.0 Å². The first-order valence-electron chi connectivity index (χ1n) is 8.60. The number of rotatable bonds is 9. The maximum Gasteiger partial charge on any atom is 0.340 e. The van der Waals surface area contributed by atoms with E-state index in [9.17, 15) is 18.0 Å². The number of ether oxygens (including phenoxy) is 1. The highest BCUT2D eigenvalue weighted by Gasteiger charge is 2.21. The molecule has 1 amide bonds. The van der Waals surface area contributed by atoms with Crippen molar-refractivity contribution < 1.29 is 22.7 Å². The molecule has 0 bridgehead atoms. The maximum atomic E-state index is 12.2. The van der Waals surface area contributed by atoms with E-state index < -0.39 is 28.5 Å². The van der Waals surface area contributed by atoms with Gasteiger partial charge >= 0.3 is 5.97 Å². The van der Waals surface area contributed by atoms with Crippen LogP contribution in [0.5, 0.6) is 0 Å². The Morgan fingerprint density at radius 2 is 1.85 bits per heavy atom. The average Bonchev–Trinajstić information content (AvgIpc) is 2.50. The Hall–Kier alpha value is -1.93. The molecule has 0 fully saturated rings. The zero-order chi connectivity index (χ0) is 19.9. The van der Waals surface area contributed by atoms with Crippen molar-refractivity contribution in [3.05, 3.63) is 29.3 Å². The largest absolute Gasteiger partial charge is 0.452 e. The molecule has 0 aliphatic carbocycles. The minimum Gasteiger partial charge on any atom is -0.452 e. The van der Waals surface area contributed by atoms with Gasteiger partial charge in [0.05, 0.1) is 10.5 Å². The van der Waals surface area contributed by atoms with Gasteiger partial charge in [0.15, 0.2) is 6.61 Å². The van der Waals surface area contributed by atoms with E-state index in [0.717, 1.165) is 19.3 Å². The van der Waals surface area contributed by atoms with E-state index in [1.807, 2.05) is 6.92 Å². The molecule has 0 saturated carbocycles. The molecule has 3 N–H and O–H groups in total. The van der Waals surface area contributed by atoms with Crippen LogP contribution >= 0.6 is 0 Å². The number of carbonyl (C=O) groups excluding carboxylic acids is 2. The molecule has 8 heteroatoms. The predicted octanol–water partition coefficient (Wildman–Crippen LogP) is 2.13. The summed E-state index contributed by atoms with van der Waals surface area (Å²) in [7, 11) is -4.07. The fourth-order valence-electron chi connectivity index (χ4n) is 2.48. The van der Waals surface area contributed by atoms with Crippen LogP contribution in [0.15, 0.2) is 23.1 Å². The lowest BCUT2D eigenvalue weighted by atomic mass is 10.0. The van der Waals surface area contributed by atoms with Crippen molar-refractivity contribution in [2.45, 2.75) is 57.9 Å². The Kier molecular flexibility index (Phi) is 8.23. The summed E-state index contributed by atoms with van der Waals surface area (Å²) in [5.41, 5.74) is 0.498. The summed E-state index contributed by atoms with van der Waals surface area (Å²) in [5, 5.41) is 7.88. The number of amides is 1. The molecule has 7 nitrogen and oxygen atoms in total. The van der Waals surface area contributed by atoms with Gasteiger partial charge in [0.25, 0.3) is 5.91 Å². The van der Waals surface area contributed by atoms with Crippen LogP contribution in [0.2, 0.25) is 0 Å².